The normalized spacial score (nSPS) is 13.2. The number of rotatable bonds is 4. The van der Waals surface area contributed by atoms with Gasteiger partial charge in [-0.3, -0.25) is 4.57 Å². The van der Waals surface area contributed by atoms with Gasteiger partial charge in [0.25, 0.3) is 0 Å². The first-order valence-electron chi connectivity index (χ1n) is 7.85. The zero-order valence-electron chi connectivity index (χ0n) is 13.8. The summed E-state index contributed by atoms with van der Waals surface area (Å²) < 4.78 is 38.0. The lowest BCUT2D eigenvalue weighted by Crippen LogP contribution is -2.11. The highest BCUT2D eigenvalue weighted by molar-refractivity contribution is 7.90. The van der Waals surface area contributed by atoms with Gasteiger partial charge in [-0.05, 0) is 48.4 Å². The summed E-state index contributed by atoms with van der Waals surface area (Å²) in [5, 5.41) is 0.522. The van der Waals surface area contributed by atoms with Crippen LogP contribution in [0.15, 0.2) is 53.8 Å². The van der Waals surface area contributed by atoms with Gasteiger partial charge in [-0.25, -0.2) is 13.4 Å². The molecule has 8 heteroatoms. The molecule has 0 bridgehead atoms. The Hall–Kier alpha value is -2.51. The van der Waals surface area contributed by atoms with Gasteiger partial charge in [-0.1, -0.05) is 17.7 Å². The van der Waals surface area contributed by atoms with Crippen LogP contribution >= 0.6 is 11.6 Å². The van der Waals surface area contributed by atoms with Crippen LogP contribution in [0, 0.1) is 6.92 Å². The molecule has 0 unspecified atom stereocenters. The molecule has 2 aromatic heterocycles. The fraction of sp³-hybridized carbons (Fsp3) is 0.167. The third-order valence-electron chi connectivity index (χ3n) is 4.01. The van der Waals surface area contributed by atoms with Crippen molar-refractivity contribution in [2.45, 2.75) is 17.7 Å². The van der Waals surface area contributed by atoms with Crippen LogP contribution in [0.25, 0.3) is 5.82 Å². The van der Waals surface area contributed by atoms with E-state index >= 15 is 0 Å². The monoisotopic (exact) mass is 390 g/mol. The standard InChI is InChI=1S/C18H15ClN2O4S/c1-12-7-14(19)18(20-9-12)21-6-2-3-17(21)26(22,23)10-13-4-5-15-16(8-13)25-11-24-15/h2-9H,10-11H2,1H3. The number of benzene rings is 1. The molecule has 0 amide bonds. The Morgan fingerprint density at radius 3 is 2.81 bits per heavy atom. The third-order valence-corrected chi connectivity index (χ3v) is 5.97. The fourth-order valence-corrected chi connectivity index (χ4v) is 4.63. The molecule has 0 atom stereocenters. The maximum atomic E-state index is 13.0. The van der Waals surface area contributed by atoms with Crippen molar-refractivity contribution in [3.05, 3.63) is 64.9 Å². The zero-order chi connectivity index (χ0) is 18.3. The smallest absolute Gasteiger partial charge is 0.231 e. The van der Waals surface area contributed by atoms with E-state index in [1.54, 1.807) is 48.8 Å². The Kier molecular flexibility index (Phi) is 4.13. The van der Waals surface area contributed by atoms with Gasteiger partial charge in [0.2, 0.25) is 6.79 Å². The molecular formula is C18H15ClN2O4S. The summed E-state index contributed by atoms with van der Waals surface area (Å²) in [7, 11) is -3.63. The maximum Gasteiger partial charge on any atom is 0.231 e. The summed E-state index contributed by atoms with van der Waals surface area (Å²) in [5.74, 6) is 1.38. The molecule has 1 aliphatic rings. The van der Waals surface area contributed by atoms with E-state index in [2.05, 4.69) is 4.98 Å². The number of halogens is 1. The molecule has 1 aliphatic heterocycles. The first kappa shape index (κ1) is 16.9. The predicted molar refractivity (Wildman–Crippen MR) is 96.8 cm³/mol. The summed E-state index contributed by atoms with van der Waals surface area (Å²) in [6.45, 7) is 2.02. The SMILES string of the molecule is Cc1cnc(-n2cccc2S(=O)(=O)Cc2ccc3c(c2)OCO3)c(Cl)c1. The van der Waals surface area contributed by atoms with Crippen molar-refractivity contribution in [1.29, 1.82) is 0 Å². The predicted octanol–water partition coefficient (Wildman–Crippen LogP) is 3.54. The number of hydrogen-bond acceptors (Lipinski definition) is 5. The van der Waals surface area contributed by atoms with E-state index in [1.165, 1.54) is 4.57 Å². The van der Waals surface area contributed by atoms with E-state index in [1.807, 2.05) is 6.92 Å². The highest BCUT2D eigenvalue weighted by atomic mass is 35.5. The van der Waals surface area contributed by atoms with E-state index in [9.17, 15) is 8.42 Å². The molecule has 1 aromatic carbocycles. The molecular weight excluding hydrogens is 376 g/mol. The van der Waals surface area contributed by atoms with Crippen LogP contribution in [0.2, 0.25) is 5.02 Å². The molecule has 4 rings (SSSR count). The second-order valence-corrected chi connectivity index (χ2v) is 8.32. The summed E-state index contributed by atoms with van der Waals surface area (Å²) in [6.07, 6.45) is 3.28. The van der Waals surface area contributed by atoms with Crippen LogP contribution < -0.4 is 9.47 Å². The quantitative estimate of drug-likeness (QED) is 0.681. The van der Waals surface area contributed by atoms with Crippen LogP contribution in [0.1, 0.15) is 11.1 Å². The van der Waals surface area contributed by atoms with Crippen LogP contribution in [-0.2, 0) is 15.6 Å². The molecule has 134 valence electrons. The lowest BCUT2D eigenvalue weighted by Gasteiger charge is -2.11. The highest BCUT2D eigenvalue weighted by Gasteiger charge is 2.23. The van der Waals surface area contributed by atoms with Gasteiger partial charge < -0.3 is 9.47 Å². The number of sulfone groups is 1. The topological polar surface area (TPSA) is 70.4 Å². The number of ether oxygens (including phenoxy) is 2. The number of aryl methyl sites for hydroxylation is 1. The second-order valence-electron chi connectivity index (χ2n) is 5.98. The first-order chi connectivity index (χ1) is 12.4. The van der Waals surface area contributed by atoms with Crippen LogP contribution in [0.5, 0.6) is 11.5 Å². The van der Waals surface area contributed by atoms with Crippen molar-refractivity contribution in [2.24, 2.45) is 0 Å². The van der Waals surface area contributed by atoms with E-state index < -0.39 is 9.84 Å². The Morgan fingerprint density at radius 2 is 2.00 bits per heavy atom. The maximum absolute atomic E-state index is 13.0. The fourth-order valence-electron chi connectivity index (χ4n) is 2.82. The Balaban J connectivity index is 1.70. The van der Waals surface area contributed by atoms with Crippen molar-refractivity contribution >= 4 is 21.4 Å². The molecule has 0 saturated carbocycles. The zero-order valence-corrected chi connectivity index (χ0v) is 15.4. The van der Waals surface area contributed by atoms with Crippen molar-refractivity contribution in [2.75, 3.05) is 6.79 Å². The number of fused-ring (bicyclic) bond motifs is 1. The van der Waals surface area contributed by atoms with Gasteiger partial charge in [0.05, 0.1) is 10.8 Å². The van der Waals surface area contributed by atoms with Gasteiger partial charge >= 0.3 is 0 Å². The molecule has 3 heterocycles. The van der Waals surface area contributed by atoms with Crippen LogP contribution in [-0.4, -0.2) is 24.8 Å². The second kappa shape index (κ2) is 6.34. The van der Waals surface area contributed by atoms with Gasteiger partial charge in [0, 0.05) is 12.4 Å². The molecule has 0 aliphatic carbocycles. The summed E-state index contributed by atoms with van der Waals surface area (Å²) in [5.41, 5.74) is 1.51. The number of nitrogens with zero attached hydrogens (tertiary/aromatic N) is 2. The molecule has 0 radical (unpaired) electrons. The average molecular weight is 391 g/mol. The summed E-state index contributed by atoms with van der Waals surface area (Å²) in [4.78, 5) is 4.28. The Morgan fingerprint density at radius 1 is 1.19 bits per heavy atom. The van der Waals surface area contributed by atoms with Crippen molar-refractivity contribution in [3.63, 3.8) is 0 Å². The Labute approximate surface area is 155 Å². The van der Waals surface area contributed by atoms with Crippen molar-refractivity contribution in [3.8, 4) is 17.3 Å². The van der Waals surface area contributed by atoms with Crippen molar-refractivity contribution in [1.82, 2.24) is 9.55 Å². The largest absolute Gasteiger partial charge is 0.454 e. The van der Waals surface area contributed by atoms with E-state index in [4.69, 9.17) is 21.1 Å². The lowest BCUT2D eigenvalue weighted by atomic mass is 10.2. The minimum atomic E-state index is -3.63. The average Bonchev–Trinajstić information content (AvgIpc) is 3.23. The molecule has 6 nitrogen and oxygen atoms in total. The minimum Gasteiger partial charge on any atom is -0.454 e. The number of aromatic nitrogens is 2. The number of hydrogen-bond donors (Lipinski definition) is 0. The van der Waals surface area contributed by atoms with E-state index in [0.29, 0.717) is 27.9 Å². The first-order valence-corrected chi connectivity index (χ1v) is 9.88. The van der Waals surface area contributed by atoms with Gasteiger partial charge in [-0.2, -0.15) is 0 Å². The van der Waals surface area contributed by atoms with Crippen molar-refractivity contribution < 1.29 is 17.9 Å². The van der Waals surface area contributed by atoms with Gasteiger partial charge in [0.1, 0.15) is 5.03 Å². The molecule has 3 aromatic rings. The molecule has 0 N–H and O–H groups in total. The molecule has 0 fully saturated rings. The number of pyridine rings is 1. The lowest BCUT2D eigenvalue weighted by molar-refractivity contribution is 0.174. The molecule has 26 heavy (non-hydrogen) atoms. The minimum absolute atomic E-state index is 0.133. The highest BCUT2D eigenvalue weighted by Crippen LogP contribution is 2.33. The molecule has 0 saturated heterocycles. The van der Waals surface area contributed by atoms with E-state index in [-0.39, 0.29) is 17.6 Å². The summed E-state index contributed by atoms with van der Waals surface area (Å²) in [6, 6.07) is 10.1. The molecule has 0 spiro atoms. The van der Waals surface area contributed by atoms with Gasteiger partial charge in [0.15, 0.2) is 27.2 Å². The van der Waals surface area contributed by atoms with Crippen LogP contribution in [0.4, 0.5) is 0 Å². The Bertz CT molecular complexity index is 1090. The van der Waals surface area contributed by atoms with E-state index in [0.717, 1.165) is 5.56 Å². The van der Waals surface area contributed by atoms with Gasteiger partial charge in [-0.15, -0.1) is 0 Å². The summed E-state index contributed by atoms with van der Waals surface area (Å²) >= 11 is 6.26. The third kappa shape index (κ3) is 3.04. The van der Waals surface area contributed by atoms with Crippen LogP contribution in [0.3, 0.4) is 0 Å².